The van der Waals surface area contributed by atoms with E-state index in [4.69, 9.17) is 9.47 Å². The van der Waals surface area contributed by atoms with Crippen molar-refractivity contribution >= 4 is 17.8 Å². The van der Waals surface area contributed by atoms with Gasteiger partial charge in [-0.25, -0.2) is 18.0 Å². The number of hydrogen-bond donors (Lipinski definition) is 3. The molecule has 6 rings (SSSR count). The second-order valence-electron chi connectivity index (χ2n) is 9.73. The lowest BCUT2D eigenvalue weighted by Gasteiger charge is -2.61. The molecule has 4 aliphatic rings. The fourth-order valence-electron chi connectivity index (χ4n) is 5.19. The molecule has 0 spiro atoms. The van der Waals surface area contributed by atoms with E-state index in [9.17, 15) is 22.8 Å². The average Bonchev–Trinajstić information content (AvgIpc) is 3.43. The van der Waals surface area contributed by atoms with Gasteiger partial charge in [-0.3, -0.25) is 14.6 Å². The average molecular weight is 496 g/mol. The number of alkyl carbamates (subject to hydrolysis) is 1. The minimum Gasteiger partial charge on any atom is -0.443 e. The van der Waals surface area contributed by atoms with Crippen LogP contribution in [0.2, 0.25) is 0 Å². The zero-order valence-corrected chi connectivity index (χ0v) is 19.1. The lowest BCUT2D eigenvalue weighted by molar-refractivity contribution is -0.0530. The Morgan fingerprint density at radius 2 is 2.06 bits per heavy atom. The summed E-state index contributed by atoms with van der Waals surface area (Å²) in [7, 11) is 1.55. The van der Waals surface area contributed by atoms with E-state index < -0.39 is 37.3 Å². The Hall–Kier alpha value is -3.09. The molecule has 0 unspecified atom stereocenters. The fourth-order valence-corrected chi connectivity index (χ4v) is 5.19. The number of anilines is 1. The van der Waals surface area contributed by atoms with Crippen molar-refractivity contribution in [2.24, 2.45) is 13.0 Å². The van der Waals surface area contributed by atoms with Crippen molar-refractivity contribution in [3.8, 4) is 0 Å². The molecule has 0 saturated heterocycles. The molecule has 3 N–H and O–H groups in total. The number of ether oxygens (including phenoxy) is 2. The first kappa shape index (κ1) is 23.6. The topological polar surface area (TPSA) is 123 Å². The number of aromatic nitrogens is 4. The number of amides is 2. The van der Waals surface area contributed by atoms with Gasteiger partial charge in [-0.15, -0.1) is 0 Å². The Morgan fingerprint density at radius 1 is 1.29 bits per heavy atom. The van der Waals surface area contributed by atoms with E-state index in [1.54, 1.807) is 13.1 Å². The van der Waals surface area contributed by atoms with Crippen LogP contribution in [0, 0.1) is 5.92 Å². The quantitative estimate of drug-likeness (QED) is 0.491. The summed E-state index contributed by atoms with van der Waals surface area (Å²) in [5, 5.41) is 16.5. The Balaban J connectivity index is 1.13. The highest BCUT2D eigenvalue weighted by Gasteiger charge is 2.58. The lowest BCUT2D eigenvalue weighted by Crippen LogP contribution is -2.68. The number of hydrogen-bond acceptors (Lipinski definition) is 6. The third-order valence-corrected chi connectivity index (χ3v) is 7.03. The highest BCUT2D eigenvalue weighted by atomic mass is 19.3. The molecule has 2 heterocycles. The SMILES string of the molecule is Cn1nc(COCC(F)F)cc1C(=O)Nc1cc([C@@H]2C[C@H](F)[C@H](OC(=O)NC34CC(C3)C4)C2)[nH]n1. The third kappa shape index (κ3) is 5.00. The summed E-state index contributed by atoms with van der Waals surface area (Å²) in [6, 6.07) is 3.06. The van der Waals surface area contributed by atoms with Gasteiger partial charge in [0.1, 0.15) is 24.6 Å². The zero-order valence-electron chi connectivity index (χ0n) is 19.1. The first-order valence-corrected chi connectivity index (χ1v) is 11.6. The van der Waals surface area contributed by atoms with Crippen LogP contribution in [0.15, 0.2) is 12.1 Å². The van der Waals surface area contributed by atoms with Gasteiger partial charge in [0.15, 0.2) is 5.82 Å². The van der Waals surface area contributed by atoms with Crippen LogP contribution in [0.4, 0.5) is 23.8 Å². The molecule has 2 amide bonds. The van der Waals surface area contributed by atoms with Crippen molar-refractivity contribution in [2.75, 3.05) is 11.9 Å². The van der Waals surface area contributed by atoms with Crippen molar-refractivity contribution in [2.45, 2.75) is 68.9 Å². The van der Waals surface area contributed by atoms with Crippen molar-refractivity contribution < 1.29 is 32.2 Å². The zero-order chi connectivity index (χ0) is 24.7. The predicted octanol–water partition coefficient (Wildman–Crippen LogP) is 3.04. The lowest BCUT2D eigenvalue weighted by atomic mass is 9.50. The van der Waals surface area contributed by atoms with Gasteiger partial charge in [-0.1, -0.05) is 0 Å². The summed E-state index contributed by atoms with van der Waals surface area (Å²) in [4.78, 5) is 24.8. The third-order valence-electron chi connectivity index (χ3n) is 7.03. The highest BCUT2D eigenvalue weighted by molar-refractivity contribution is 6.02. The number of halogens is 3. The van der Waals surface area contributed by atoms with Gasteiger partial charge >= 0.3 is 6.09 Å². The fraction of sp³-hybridized carbons (Fsp3) is 0.636. The summed E-state index contributed by atoms with van der Waals surface area (Å²) in [5.74, 6) is 0.204. The molecule has 190 valence electrons. The van der Waals surface area contributed by atoms with Crippen LogP contribution in [-0.2, 0) is 23.1 Å². The van der Waals surface area contributed by atoms with Crippen LogP contribution in [0.5, 0.6) is 0 Å². The Bertz CT molecular complexity index is 1090. The van der Waals surface area contributed by atoms with Crippen LogP contribution < -0.4 is 10.6 Å². The summed E-state index contributed by atoms with van der Waals surface area (Å²) in [6.07, 6.45) is -1.87. The number of nitrogens with one attached hydrogen (secondary N) is 3. The van der Waals surface area contributed by atoms with E-state index >= 15 is 0 Å². The number of carbonyl (C=O) groups excluding carboxylic acids is 2. The van der Waals surface area contributed by atoms with Gasteiger partial charge in [0.2, 0.25) is 0 Å². The van der Waals surface area contributed by atoms with Crippen LogP contribution in [0.1, 0.15) is 59.9 Å². The number of aryl methyl sites for hydroxylation is 1. The van der Waals surface area contributed by atoms with Gasteiger partial charge in [0.25, 0.3) is 12.3 Å². The Labute approximate surface area is 198 Å². The molecule has 0 aliphatic heterocycles. The molecule has 10 nitrogen and oxygen atoms in total. The van der Waals surface area contributed by atoms with Crippen LogP contribution >= 0.6 is 0 Å². The standard InChI is InChI=1S/C22H27F3N6O4/c1-31-16(4-13(30-31)9-34-10-18(24)25)20(32)26-19-5-15(28-29-19)12-2-14(23)17(3-12)35-21(33)27-22-6-11(7-22)8-22/h4-5,11-12,14,17-18H,2-3,6-10H2,1H3,(H,27,33)(H2,26,28,29,32)/t11?,12-,14+,17-,22?/m1/s1. The Kier molecular flexibility index (Phi) is 6.20. The molecule has 4 saturated carbocycles. The van der Waals surface area contributed by atoms with E-state index in [-0.39, 0.29) is 36.0 Å². The maximum atomic E-state index is 14.6. The molecular formula is C22H27F3N6O4. The molecule has 2 bridgehead atoms. The van der Waals surface area contributed by atoms with Crippen LogP contribution in [0.25, 0.3) is 0 Å². The van der Waals surface area contributed by atoms with Gasteiger partial charge in [0, 0.05) is 30.3 Å². The second kappa shape index (κ2) is 9.17. The minimum absolute atomic E-state index is 0.129. The van der Waals surface area contributed by atoms with E-state index in [0.29, 0.717) is 23.7 Å². The number of nitrogens with zero attached hydrogens (tertiary/aromatic N) is 3. The van der Waals surface area contributed by atoms with Crippen molar-refractivity contribution in [1.82, 2.24) is 25.3 Å². The molecule has 4 aliphatic carbocycles. The summed E-state index contributed by atoms with van der Waals surface area (Å²) in [5.41, 5.74) is 1.03. The molecule has 3 atom stereocenters. The number of rotatable bonds is 9. The van der Waals surface area contributed by atoms with Crippen molar-refractivity contribution in [1.29, 1.82) is 0 Å². The van der Waals surface area contributed by atoms with E-state index in [1.807, 2.05) is 0 Å². The molecule has 0 aromatic carbocycles. The van der Waals surface area contributed by atoms with Gasteiger partial charge in [-0.2, -0.15) is 10.2 Å². The minimum atomic E-state index is -2.58. The first-order valence-electron chi connectivity index (χ1n) is 11.6. The van der Waals surface area contributed by atoms with Crippen molar-refractivity contribution in [3.05, 3.63) is 29.2 Å². The molecule has 13 heteroatoms. The number of carbonyl (C=O) groups is 2. The summed E-state index contributed by atoms with van der Waals surface area (Å²) >= 11 is 0. The van der Waals surface area contributed by atoms with E-state index in [0.717, 1.165) is 19.3 Å². The molecule has 4 fully saturated rings. The largest absolute Gasteiger partial charge is 0.443 e. The van der Waals surface area contributed by atoms with Gasteiger partial charge < -0.3 is 20.1 Å². The number of H-pyrrole nitrogens is 1. The number of aromatic amines is 1. The monoisotopic (exact) mass is 496 g/mol. The Morgan fingerprint density at radius 3 is 2.74 bits per heavy atom. The number of alkyl halides is 3. The normalized spacial score (nSPS) is 28.9. The summed E-state index contributed by atoms with van der Waals surface area (Å²) < 4.78 is 50.5. The maximum absolute atomic E-state index is 14.6. The molecule has 35 heavy (non-hydrogen) atoms. The van der Waals surface area contributed by atoms with Crippen LogP contribution in [0.3, 0.4) is 0 Å². The molecule has 2 aromatic heterocycles. The second-order valence-corrected chi connectivity index (χ2v) is 9.73. The van der Waals surface area contributed by atoms with Gasteiger partial charge in [0.05, 0.1) is 12.3 Å². The van der Waals surface area contributed by atoms with Gasteiger partial charge in [-0.05, 0) is 44.1 Å². The first-order chi connectivity index (χ1) is 16.7. The smallest absolute Gasteiger partial charge is 0.407 e. The van der Waals surface area contributed by atoms with E-state index in [2.05, 4.69) is 25.9 Å². The highest BCUT2D eigenvalue weighted by Crippen LogP contribution is 2.57. The molecule has 2 aromatic rings. The molecule has 0 radical (unpaired) electrons. The van der Waals surface area contributed by atoms with Crippen LogP contribution in [-0.4, -0.2) is 62.8 Å². The van der Waals surface area contributed by atoms with E-state index in [1.165, 1.54) is 10.7 Å². The maximum Gasteiger partial charge on any atom is 0.407 e. The summed E-state index contributed by atoms with van der Waals surface area (Å²) in [6.45, 7) is -0.861. The predicted molar refractivity (Wildman–Crippen MR) is 116 cm³/mol. The van der Waals surface area contributed by atoms with Crippen molar-refractivity contribution in [3.63, 3.8) is 0 Å². The molecular weight excluding hydrogens is 469 g/mol.